The Hall–Kier alpha value is -0.850. The highest BCUT2D eigenvalue weighted by atomic mass is 35.5. The van der Waals surface area contributed by atoms with E-state index in [1.807, 2.05) is 12.1 Å². The molecule has 0 aromatic heterocycles. The lowest BCUT2D eigenvalue weighted by molar-refractivity contribution is -0.149. The van der Waals surface area contributed by atoms with Crippen molar-refractivity contribution >= 4 is 47.9 Å². The van der Waals surface area contributed by atoms with Crippen molar-refractivity contribution in [1.82, 2.24) is 4.90 Å². The van der Waals surface area contributed by atoms with Crippen molar-refractivity contribution in [2.75, 3.05) is 11.5 Å². The Morgan fingerprint density at radius 3 is 2.60 bits per heavy atom. The van der Waals surface area contributed by atoms with Crippen LogP contribution in [-0.4, -0.2) is 39.4 Å². The number of nitrogens with zero attached hydrogens (tertiary/aromatic N) is 1. The number of amides is 1. The summed E-state index contributed by atoms with van der Waals surface area (Å²) in [6.07, 6.45) is 0.234. The molecule has 1 aromatic carbocycles. The molecule has 7 heteroatoms. The number of hydrogen-bond donors (Lipinski definition) is 2. The molecule has 1 saturated heterocycles. The first-order valence-electron chi connectivity index (χ1n) is 6.06. The summed E-state index contributed by atoms with van der Waals surface area (Å²) in [7, 11) is 0. The number of carboxylic acid groups (broad SMARTS) is 1. The Bertz CT molecular complexity index is 509. The molecule has 1 N–H and O–H groups in total. The molecule has 1 fully saturated rings. The summed E-state index contributed by atoms with van der Waals surface area (Å²) in [5.41, 5.74) is 0.885. The van der Waals surface area contributed by atoms with Crippen LogP contribution in [-0.2, 0) is 9.59 Å². The standard InChI is InChI=1S/C13H14ClNO3S2/c14-9-3-1-8(2-4-9)12-15(11(16)5-6-19)10(7-20-12)13(17)18/h1-4,10,12,19H,5-7H2,(H,17,18)/t10-,12?/m0/s1. The smallest absolute Gasteiger partial charge is 0.327 e. The first-order valence-corrected chi connectivity index (χ1v) is 8.12. The minimum atomic E-state index is -0.971. The third-order valence-electron chi connectivity index (χ3n) is 3.05. The van der Waals surface area contributed by atoms with E-state index in [9.17, 15) is 14.7 Å². The van der Waals surface area contributed by atoms with Gasteiger partial charge in [-0.3, -0.25) is 4.79 Å². The second-order valence-electron chi connectivity index (χ2n) is 4.37. The minimum absolute atomic E-state index is 0.183. The monoisotopic (exact) mass is 331 g/mol. The fourth-order valence-electron chi connectivity index (χ4n) is 2.11. The predicted molar refractivity (Wildman–Crippen MR) is 83.4 cm³/mol. The molecular weight excluding hydrogens is 318 g/mol. The molecule has 0 spiro atoms. The molecule has 0 aliphatic carbocycles. The second kappa shape index (κ2) is 6.74. The van der Waals surface area contributed by atoms with Gasteiger partial charge in [-0.2, -0.15) is 12.6 Å². The number of rotatable bonds is 4. The van der Waals surface area contributed by atoms with Gasteiger partial charge < -0.3 is 10.0 Å². The van der Waals surface area contributed by atoms with Crippen LogP contribution in [0, 0.1) is 0 Å². The highest BCUT2D eigenvalue weighted by Crippen LogP contribution is 2.42. The van der Waals surface area contributed by atoms with Crippen LogP contribution in [0.15, 0.2) is 24.3 Å². The van der Waals surface area contributed by atoms with Crippen molar-refractivity contribution in [2.24, 2.45) is 0 Å². The molecule has 1 aliphatic heterocycles. The van der Waals surface area contributed by atoms with Crippen LogP contribution in [0.25, 0.3) is 0 Å². The van der Waals surface area contributed by atoms with Crippen molar-refractivity contribution < 1.29 is 14.7 Å². The van der Waals surface area contributed by atoms with E-state index < -0.39 is 12.0 Å². The van der Waals surface area contributed by atoms with E-state index in [-0.39, 0.29) is 17.7 Å². The maximum absolute atomic E-state index is 12.2. The van der Waals surface area contributed by atoms with E-state index in [0.717, 1.165) is 5.56 Å². The van der Waals surface area contributed by atoms with Gasteiger partial charge >= 0.3 is 5.97 Å². The summed E-state index contributed by atoms with van der Waals surface area (Å²) in [5.74, 6) is -0.362. The zero-order valence-electron chi connectivity index (χ0n) is 10.5. The molecular formula is C13H14ClNO3S2. The first kappa shape index (κ1) is 15.5. The molecule has 2 atom stereocenters. The molecule has 108 valence electrons. The maximum Gasteiger partial charge on any atom is 0.327 e. The van der Waals surface area contributed by atoms with Crippen LogP contribution in [0.1, 0.15) is 17.4 Å². The zero-order chi connectivity index (χ0) is 14.7. The van der Waals surface area contributed by atoms with Crippen molar-refractivity contribution in [1.29, 1.82) is 0 Å². The molecule has 0 saturated carbocycles. The van der Waals surface area contributed by atoms with Crippen molar-refractivity contribution in [3.05, 3.63) is 34.9 Å². The number of carbonyl (C=O) groups is 2. The highest BCUT2D eigenvalue weighted by molar-refractivity contribution is 7.99. The van der Waals surface area contributed by atoms with Crippen LogP contribution in [0.2, 0.25) is 5.02 Å². The van der Waals surface area contributed by atoms with E-state index >= 15 is 0 Å². The SMILES string of the molecule is O=C(O)[C@@H]1CSC(c2ccc(Cl)cc2)N1C(=O)CCS. The van der Waals surface area contributed by atoms with Gasteiger partial charge in [-0.1, -0.05) is 23.7 Å². The van der Waals surface area contributed by atoms with E-state index in [4.69, 9.17) is 11.6 Å². The van der Waals surface area contributed by atoms with Crippen LogP contribution in [0.5, 0.6) is 0 Å². The van der Waals surface area contributed by atoms with Gasteiger partial charge in [0.1, 0.15) is 11.4 Å². The molecule has 0 bridgehead atoms. The van der Waals surface area contributed by atoms with Crippen molar-refractivity contribution in [3.63, 3.8) is 0 Å². The average molecular weight is 332 g/mol. The maximum atomic E-state index is 12.2. The molecule has 2 rings (SSSR count). The van der Waals surface area contributed by atoms with E-state index in [1.54, 1.807) is 12.1 Å². The van der Waals surface area contributed by atoms with Gasteiger partial charge in [0.15, 0.2) is 0 Å². The Kier molecular flexibility index (Phi) is 5.23. The Balaban J connectivity index is 2.29. The van der Waals surface area contributed by atoms with Gasteiger partial charge in [0.2, 0.25) is 5.91 Å². The van der Waals surface area contributed by atoms with E-state index in [0.29, 0.717) is 16.5 Å². The summed E-state index contributed by atoms with van der Waals surface area (Å²) < 4.78 is 0. The number of aliphatic carboxylic acids is 1. The number of carboxylic acids is 1. The van der Waals surface area contributed by atoms with Crippen LogP contribution in [0.3, 0.4) is 0 Å². The topological polar surface area (TPSA) is 57.6 Å². The molecule has 1 amide bonds. The second-order valence-corrected chi connectivity index (χ2v) is 6.36. The molecule has 0 radical (unpaired) electrons. The van der Waals surface area contributed by atoms with E-state index in [2.05, 4.69) is 12.6 Å². The van der Waals surface area contributed by atoms with Crippen LogP contribution < -0.4 is 0 Å². The molecule has 1 heterocycles. The van der Waals surface area contributed by atoms with Gasteiger partial charge in [0, 0.05) is 17.2 Å². The van der Waals surface area contributed by atoms with Gasteiger partial charge in [0.05, 0.1) is 0 Å². The highest BCUT2D eigenvalue weighted by Gasteiger charge is 2.41. The Morgan fingerprint density at radius 2 is 2.05 bits per heavy atom. The Labute approximate surface area is 131 Å². The first-order chi connectivity index (χ1) is 9.54. The van der Waals surface area contributed by atoms with Crippen molar-refractivity contribution in [2.45, 2.75) is 17.8 Å². The molecule has 1 aromatic rings. The number of benzene rings is 1. The summed E-state index contributed by atoms with van der Waals surface area (Å²) in [5, 5.41) is 9.60. The predicted octanol–water partition coefficient (Wildman–Crippen LogP) is 2.69. The van der Waals surface area contributed by atoms with Gasteiger partial charge in [-0.15, -0.1) is 11.8 Å². The summed E-state index contributed by atoms with van der Waals surface area (Å²) in [6, 6.07) is 6.35. The lowest BCUT2D eigenvalue weighted by atomic mass is 10.1. The summed E-state index contributed by atoms with van der Waals surface area (Å²) in [4.78, 5) is 24.9. The summed E-state index contributed by atoms with van der Waals surface area (Å²) >= 11 is 11.4. The molecule has 1 aliphatic rings. The fraction of sp³-hybridized carbons (Fsp3) is 0.385. The number of hydrogen-bond acceptors (Lipinski definition) is 4. The molecule has 4 nitrogen and oxygen atoms in total. The summed E-state index contributed by atoms with van der Waals surface area (Å²) in [6.45, 7) is 0. The number of thioether (sulfide) groups is 1. The number of carbonyl (C=O) groups excluding carboxylic acids is 1. The van der Waals surface area contributed by atoms with Gasteiger partial charge in [-0.05, 0) is 23.4 Å². The average Bonchev–Trinajstić information content (AvgIpc) is 2.84. The number of halogens is 1. The molecule has 20 heavy (non-hydrogen) atoms. The lowest BCUT2D eigenvalue weighted by Gasteiger charge is -2.27. The van der Waals surface area contributed by atoms with Gasteiger partial charge in [0.25, 0.3) is 0 Å². The Morgan fingerprint density at radius 1 is 1.40 bits per heavy atom. The van der Waals surface area contributed by atoms with Crippen LogP contribution in [0.4, 0.5) is 0 Å². The third kappa shape index (κ3) is 3.24. The van der Waals surface area contributed by atoms with Crippen molar-refractivity contribution in [3.8, 4) is 0 Å². The zero-order valence-corrected chi connectivity index (χ0v) is 13.0. The number of thiol groups is 1. The quantitative estimate of drug-likeness (QED) is 0.833. The lowest BCUT2D eigenvalue weighted by Crippen LogP contribution is -2.43. The third-order valence-corrected chi connectivity index (χ3v) is 4.85. The van der Waals surface area contributed by atoms with Crippen LogP contribution >= 0.6 is 36.0 Å². The minimum Gasteiger partial charge on any atom is -0.480 e. The normalized spacial score (nSPS) is 22.0. The molecule has 1 unspecified atom stereocenters. The van der Waals surface area contributed by atoms with E-state index in [1.165, 1.54) is 16.7 Å². The van der Waals surface area contributed by atoms with Gasteiger partial charge in [-0.25, -0.2) is 4.79 Å². The fourth-order valence-corrected chi connectivity index (χ4v) is 3.87. The largest absolute Gasteiger partial charge is 0.480 e.